The molecule has 2 rings (SSSR count). The lowest BCUT2D eigenvalue weighted by molar-refractivity contribution is 0.189. The van der Waals surface area contributed by atoms with E-state index in [9.17, 15) is 0 Å². The number of likely N-dealkylation sites (tertiary alicyclic amines) is 1. The Bertz CT molecular complexity index is 316. The summed E-state index contributed by atoms with van der Waals surface area (Å²) in [5, 5.41) is 0. The first kappa shape index (κ1) is 10.7. The van der Waals surface area contributed by atoms with Crippen LogP contribution in [0.1, 0.15) is 23.5 Å². The van der Waals surface area contributed by atoms with Crippen LogP contribution in [0.4, 0.5) is 0 Å². The molecule has 0 unspecified atom stereocenters. The van der Waals surface area contributed by atoms with Crippen molar-refractivity contribution in [1.29, 1.82) is 0 Å². The minimum Gasteiger partial charge on any atom is -0.330 e. The van der Waals surface area contributed by atoms with Crippen LogP contribution in [0.2, 0.25) is 0 Å². The Labute approximate surface area is 92.1 Å². The van der Waals surface area contributed by atoms with Gasteiger partial charge in [0, 0.05) is 19.0 Å². The van der Waals surface area contributed by atoms with E-state index in [1.54, 1.807) is 0 Å². The van der Waals surface area contributed by atoms with Crippen LogP contribution >= 0.6 is 0 Å². The van der Waals surface area contributed by atoms with E-state index >= 15 is 0 Å². The van der Waals surface area contributed by atoms with E-state index < -0.39 is 0 Å². The van der Waals surface area contributed by atoms with Gasteiger partial charge in [0.1, 0.15) is 0 Å². The molecule has 0 atom stereocenters. The molecule has 1 aromatic carbocycles. The van der Waals surface area contributed by atoms with Crippen molar-refractivity contribution < 1.29 is 0 Å². The van der Waals surface area contributed by atoms with Gasteiger partial charge in [-0.05, 0) is 37.6 Å². The summed E-state index contributed by atoms with van der Waals surface area (Å²) in [6.45, 7) is 3.21. The van der Waals surface area contributed by atoms with Gasteiger partial charge in [0.05, 0.1) is 0 Å². The molecule has 0 spiro atoms. The van der Waals surface area contributed by atoms with Gasteiger partial charge in [0.25, 0.3) is 0 Å². The zero-order chi connectivity index (χ0) is 10.7. The Morgan fingerprint density at radius 1 is 1.40 bits per heavy atom. The fourth-order valence-corrected chi connectivity index (χ4v) is 2.22. The third kappa shape index (κ3) is 2.58. The molecule has 1 aliphatic heterocycles. The predicted molar refractivity (Wildman–Crippen MR) is 64.1 cm³/mol. The van der Waals surface area contributed by atoms with Crippen molar-refractivity contribution in [3.05, 3.63) is 35.4 Å². The molecule has 0 aliphatic carbocycles. The average Bonchev–Trinajstić information content (AvgIpc) is 2.22. The van der Waals surface area contributed by atoms with Crippen molar-refractivity contribution in [3.63, 3.8) is 0 Å². The van der Waals surface area contributed by atoms with Gasteiger partial charge in [-0.25, -0.2) is 0 Å². The van der Waals surface area contributed by atoms with E-state index in [0.29, 0.717) is 0 Å². The van der Waals surface area contributed by atoms with Crippen molar-refractivity contribution in [2.45, 2.75) is 18.8 Å². The standard InChI is InChI=1S/C13H20N2/c1-15-9-13(10-15)12-6-2-4-11(8-12)5-3-7-14/h2,4,6,8,13H,3,5,7,9-10,14H2,1H3. The summed E-state index contributed by atoms with van der Waals surface area (Å²) in [6, 6.07) is 9.00. The Kier molecular flexibility index (Phi) is 3.39. The second kappa shape index (κ2) is 4.77. The maximum atomic E-state index is 5.52. The van der Waals surface area contributed by atoms with Crippen LogP contribution in [0.5, 0.6) is 0 Å². The van der Waals surface area contributed by atoms with E-state index in [2.05, 4.69) is 36.2 Å². The molecule has 2 N–H and O–H groups in total. The minimum absolute atomic E-state index is 0.757. The highest BCUT2D eigenvalue weighted by atomic mass is 15.2. The Hall–Kier alpha value is -0.860. The Morgan fingerprint density at radius 2 is 2.20 bits per heavy atom. The SMILES string of the molecule is CN1CC(c2cccc(CCCN)c2)C1. The highest BCUT2D eigenvalue weighted by Gasteiger charge is 2.24. The van der Waals surface area contributed by atoms with Gasteiger partial charge in [-0.2, -0.15) is 0 Å². The molecule has 0 amide bonds. The monoisotopic (exact) mass is 204 g/mol. The Balaban J connectivity index is 1.99. The molecule has 0 aromatic heterocycles. The fraction of sp³-hybridized carbons (Fsp3) is 0.538. The van der Waals surface area contributed by atoms with Crippen molar-refractivity contribution in [1.82, 2.24) is 4.90 Å². The summed E-state index contributed by atoms with van der Waals surface area (Å²) < 4.78 is 0. The molecule has 15 heavy (non-hydrogen) atoms. The van der Waals surface area contributed by atoms with Crippen LogP contribution in [-0.2, 0) is 6.42 Å². The lowest BCUT2D eigenvalue weighted by Crippen LogP contribution is -2.41. The normalized spacial score (nSPS) is 17.7. The van der Waals surface area contributed by atoms with Gasteiger partial charge in [-0.15, -0.1) is 0 Å². The summed E-state index contributed by atoms with van der Waals surface area (Å²) >= 11 is 0. The molecule has 0 saturated carbocycles. The molecule has 1 saturated heterocycles. The summed E-state index contributed by atoms with van der Waals surface area (Å²) in [7, 11) is 2.18. The van der Waals surface area contributed by atoms with Crippen LogP contribution < -0.4 is 5.73 Å². The first-order valence-corrected chi connectivity index (χ1v) is 5.77. The maximum Gasteiger partial charge on any atom is 0.00934 e. The van der Waals surface area contributed by atoms with E-state index in [1.165, 1.54) is 24.2 Å². The van der Waals surface area contributed by atoms with Gasteiger partial charge >= 0.3 is 0 Å². The summed E-state index contributed by atoms with van der Waals surface area (Å²) in [4.78, 5) is 2.36. The van der Waals surface area contributed by atoms with Crippen LogP contribution in [0, 0.1) is 0 Å². The van der Waals surface area contributed by atoms with Gasteiger partial charge in [-0.3, -0.25) is 0 Å². The second-order valence-electron chi connectivity index (χ2n) is 4.56. The number of nitrogens with two attached hydrogens (primary N) is 1. The molecule has 2 heteroatoms. The maximum absolute atomic E-state index is 5.52. The van der Waals surface area contributed by atoms with Gasteiger partial charge in [0.15, 0.2) is 0 Å². The molecule has 1 aromatic rings. The summed E-state index contributed by atoms with van der Waals surface area (Å²) in [6.07, 6.45) is 2.21. The van der Waals surface area contributed by atoms with Crippen LogP contribution in [0.3, 0.4) is 0 Å². The first-order valence-electron chi connectivity index (χ1n) is 5.77. The molecule has 2 nitrogen and oxygen atoms in total. The topological polar surface area (TPSA) is 29.3 Å². The van der Waals surface area contributed by atoms with E-state index in [4.69, 9.17) is 5.73 Å². The summed E-state index contributed by atoms with van der Waals surface area (Å²) in [5.41, 5.74) is 8.46. The molecule has 82 valence electrons. The molecule has 0 bridgehead atoms. The summed E-state index contributed by atoms with van der Waals surface area (Å²) in [5.74, 6) is 0.757. The largest absolute Gasteiger partial charge is 0.330 e. The third-order valence-corrected chi connectivity index (χ3v) is 3.16. The van der Waals surface area contributed by atoms with Gasteiger partial charge in [-0.1, -0.05) is 24.3 Å². The number of hydrogen-bond acceptors (Lipinski definition) is 2. The van der Waals surface area contributed by atoms with Gasteiger partial charge < -0.3 is 10.6 Å². The minimum atomic E-state index is 0.757. The van der Waals surface area contributed by atoms with Crippen molar-refractivity contribution in [2.24, 2.45) is 5.73 Å². The lowest BCUT2D eigenvalue weighted by atomic mass is 9.90. The quantitative estimate of drug-likeness (QED) is 0.807. The third-order valence-electron chi connectivity index (χ3n) is 3.16. The zero-order valence-corrected chi connectivity index (χ0v) is 9.45. The number of nitrogens with zero attached hydrogens (tertiary/aromatic N) is 1. The lowest BCUT2D eigenvalue weighted by Gasteiger charge is -2.36. The van der Waals surface area contributed by atoms with Crippen LogP contribution in [-0.4, -0.2) is 31.6 Å². The highest BCUT2D eigenvalue weighted by molar-refractivity contribution is 5.28. The predicted octanol–water partition coefficient (Wildman–Crippen LogP) is 1.61. The molecular weight excluding hydrogens is 184 g/mol. The van der Waals surface area contributed by atoms with Crippen molar-refractivity contribution in [3.8, 4) is 0 Å². The molecule has 1 heterocycles. The number of hydrogen-bond donors (Lipinski definition) is 1. The van der Waals surface area contributed by atoms with Gasteiger partial charge in [0.2, 0.25) is 0 Å². The van der Waals surface area contributed by atoms with E-state index in [-0.39, 0.29) is 0 Å². The first-order chi connectivity index (χ1) is 7.29. The smallest absolute Gasteiger partial charge is 0.00934 e. The molecule has 1 fully saturated rings. The Morgan fingerprint density at radius 3 is 2.87 bits per heavy atom. The highest BCUT2D eigenvalue weighted by Crippen LogP contribution is 2.26. The molecule has 1 aliphatic rings. The molecular formula is C13H20N2. The number of aryl methyl sites for hydroxylation is 1. The zero-order valence-electron chi connectivity index (χ0n) is 9.45. The fourth-order valence-electron chi connectivity index (χ4n) is 2.22. The molecule has 0 radical (unpaired) electrons. The van der Waals surface area contributed by atoms with Crippen LogP contribution in [0.15, 0.2) is 24.3 Å². The van der Waals surface area contributed by atoms with Crippen molar-refractivity contribution >= 4 is 0 Å². The van der Waals surface area contributed by atoms with E-state index in [1.807, 2.05) is 0 Å². The van der Waals surface area contributed by atoms with Crippen molar-refractivity contribution in [2.75, 3.05) is 26.7 Å². The van der Waals surface area contributed by atoms with E-state index in [0.717, 1.165) is 25.3 Å². The number of rotatable bonds is 4. The average molecular weight is 204 g/mol. The number of likely N-dealkylation sites (N-methyl/N-ethyl adjacent to an activating group) is 1. The number of benzene rings is 1. The second-order valence-corrected chi connectivity index (χ2v) is 4.56. The van der Waals surface area contributed by atoms with Crippen LogP contribution in [0.25, 0.3) is 0 Å².